The standard InChI is InChI=1S/C17H27NO2/c1-3-4-5-8-16(18)15-12-10-14(11-13-15)7-6-9-17(19)20-2/h10-13,16H,3-9,18H2,1-2H3. The van der Waals surface area contributed by atoms with Gasteiger partial charge in [-0.1, -0.05) is 50.5 Å². The Morgan fingerprint density at radius 2 is 1.90 bits per heavy atom. The van der Waals surface area contributed by atoms with Gasteiger partial charge in [-0.3, -0.25) is 4.79 Å². The molecule has 3 nitrogen and oxygen atoms in total. The molecular weight excluding hydrogens is 250 g/mol. The molecule has 0 saturated heterocycles. The van der Waals surface area contributed by atoms with Gasteiger partial charge in [0.1, 0.15) is 0 Å². The van der Waals surface area contributed by atoms with E-state index in [1.807, 2.05) is 0 Å². The van der Waals surface area contributed by atoms with E-state index >= 15 is 0 Å². The molecule has 1 unspecified atom stereocenters. The molecular formula is C17H27NO2. The molecule has 112 valence electrons. The summed E-state index contributed by atoms with van der Waals surface area (Å²) in [4.78, 5) is 11.0. The number of carbonyl (C=O) groups is 1. The van der Waals surface area contributed by atoms with Gasteiger partial charge in [0.15, 0.2) is 0 Å². The highest BCUT2D eigenvalue weighted by molar-refractivity contribution is 5.69. The first-order valence-corrected chi connectivity index (χ1v) is 7.58. The van der Waals surface area contributed by atoms with Crippen LogP contribution in [0.25, 0.3) is 0 Å². The van der Waals surface area contributed by atoms with Crippen molar-refractivity contribution in [2.24, 2.45) is 5.73 Å². The predicted octanol–water partition coefficient (Wildman–Crippen LogP) is 3.76. The van der Waals surface area contributed by atoms with Crippen LogP contribution in [-0.4, -0.2) is 13.1 Å². The molecule has 0 fully saturated rings. The summed E-state index contributed by atoms with van der Waals surface area (Å²) in [5.41, 5.74) is 8.64. The zero-order valence-electron chi connectivity index (χ0n) is 12.7. The van der Waals surface area contributed by atoms with Crippen molar-refractivity contribution in [1.82, 2.24) is 0 Å². The number of unbranched alkanes of at least 4 members (excludes halogenated alkanes) is 2. The first-order chi connectivity index (χ1) is 9.67. The summed E-state index contributed by atoms with van der Waals surface area (Å²) in [5.74, 6) is -0.139. The summed E-state index contributed by atoms with van der Waals surface area (Å²) in [5, 5.41) is 0. The molecule has 2 N–H and O–H groups in total. The molecule has 0 aromatic heterocycles. The Balaban J connectivity index is 2.37. The minimum absolute atomic E-state index is 0.139. The van der Waals surface area contributed by atoms with Gasteiger partial charge in [0.05, 0.1) is 7.11 Å². The fourth-order valence-corrected chi connectivity index (χ4v) is 2.25. The maximum absolute atomic E-state index is 11.0. The van der Waals surface area contributed by atoms with Crippen LogP contribution in [0.4, 0.5) is 0 Å². The van der Waals surface area contributed by atoms with Crippen LogP contribution in [0.15, 0.2) is 24.3 Å². The molecule has 20 heavy (non-hydrogen) atoms. The lowest BCUT2D eigenvalue weighted by Gasteiger charge is -2.12. The third-order valence-electron chi connectivity index (χ3n) is 3.60. The van der Waals surface area contributed by atoms with Gasteiger partial charge in [-0.25, -0.2) is 0 Å². The molecule has 0 amide bonds. The minimum Gasteiger partial charge on any atom is -0.469 e. The van der Waals surface area contributed by atoms with E-state index in [0.29, 0.717) is 6.42 Å². The first-order valence-electron chi connectivity index (χ1n) is 7.58. The summed E-state index contributed by atoms with van der Waals surface area (Å²) in [7, 11) is 1.43. The number of rotatable bonds is 9. The average molecular weight is 277 g/mol. The molecule has 1 atom stereocenters. The Kier molecular flexibility index (Phi) is 7.97. The van der Waals surface area contributed by atoms with Gasteiger partial charge in [0.2, 0.25) is 0 Å². The normalized spacial score (nSPS) is 12.2. The quantitative estimate of drug-likeness (QED) is 0.552. The number of ether oxygens (including phenoxy) is 1. The van der Waals surface area contributed by atoms with Crippen LogP contribution in [0.5, 0.6) is 0 Å². The number of methoxy groups -OCH3 is 1. The van der Waals surface area contributed by atoms with Crippen LogP contribution < -0.4 is 5.73 Å². The summed E-state index contributed by atoms with van der Waals surface area (Å²) >= 11 is 0. The molecule has 0 saturated carbocycles. The van der Waals surface area contributed by atoms with E-state index in [9.17, 15) is 4.79 Å². The van der Waals surface area contributed by atoms with Gasteiger partial charge < -0.3 is 10.5 Å². The summed E-state index contributed by atoms with van der Waals surface area (Å²) < 4.78 is 4.63. The number of esters is 1. The molecule has 1 aromatic carbocycles. The highest BCUT2D eigenvalue weighted by Crippen LogP contribution is 2.18. The van der Waals surface area contributed by atoms with E-state index in [1.165, 1.54) is 37.5 Å². The zero-order valence-corrected chi connectivity index (χ0v) is 12.7. The number of benzene rings is 1. The van der Waals surface area contributed by atoms with Gasteiger partial charge in [-0.05, 0) is 30.4 Å². The van der Waals surface area contributed by atoms with Crippen molar-refractivity contribution in [1.29, 1.82) is 0 Å². The van der Waals surface area contributed by atoms with Gasteiger partial charge in [-0.15, -0.1) is 0 Å². The van der Waals surface area contributed by atoms with Crippen LogP contribution >= 0.6 is 0 Å². The highest BCUT2D eigenvalue weighted by Gasteiger charge is 2.06. The van der Waals surface area contributed by atoms with Crippen molar-refractivity contribution in [3.8, 4) is 0 Å². The Hall–Kier alpha value is -1.35. The molecule has 1 rings (SSSR count). The summed E-state index contributed by atoms with van der Waals surface area (Å²) in [6.07, 6.45) is 6.93. The second kappa shape index (κ2) is 9.54. The molecule has 0 heterocycles. The van der Waals surface area contributed by atoms with Crippen LogP contribution in [0.2, 0.25) is 0 Å². The second-order valence-electron chi connectivity index (χ2n) is 5.27. The van der Waals surface area contributed by atoms with Crippen molar-refractivity contribution in [2.45, 2.75) is 57.9 Å². The lowest BCUT2D eigenvalue weighted by molar-refractivity contribution is -0.140. The number of hydrogen-bond donors (Lipinski definition) is 1. The molecule has 0 aliphatic rings. The van der Waals surface area contributed by atoms with Crippen molar-refractivity contribution in [3.05, 3.63) is 35.4 Å². The molecule has 0 aliphatic heterocycles. The number of hydrogen-bond acceptors (Lipinski definition) is 3. The predicted molar refractivity (Wildman–Crippen MR) is 82.5 cm³/mol. The van der Waals surface area contributed by atoms with Crippen LogP contribution in [-0.2, 0) is 16.0 Å². The molecule has 0 bridgehead atoms. The number of nitrogens with two attached hydrogens (primary N) is 1. The van der Waals surface area contributed by atoms with Crippen LogP contribution in [0.1, 0.15) is 62.6 Å². The Morgan fingerprint density at radius 3 is 2.50 bits per heavy atom. The number of aryl methyl sites for hydroxylation is 1. The largest absolute Gasteiger partial charge is 0.469 e. The summed E-state index contributed by atoms with van der Waals surface area (Å²) in [6, 6.07) is 8.61. The molecule has 3 heteroatoms. The molecule has 0 spiro atoms. The number of carbonyl (C=O) groups excluding carboxylic acids is 1. The van der Waals surface area contributed by atoms with E-state index in [4.69, 9.17) is 5.73 Å². The van der Waals surface area contributed by atoms with E-state index in [0.717, 1.165) is 19.3 Å². The SMILES string of the molecule is CCCCCC(N)c1ccc(CCCC(=O)OC)cc1. The molecule has 0 radical (unpaired) electrons. The lowest BCUT2D eigenvalue weighted by atomic mass is 9.99. The topological polar surface area (TPSA) is 52.3 Å². The van der Waals surface area contributed by atoms with E-state index in [2.05, 4.69) is 35.9 Å². The monoisotopic (exact) mass is 277 g/mol. The fraction of sp³-hybridized carbons (Fsp3) is 0.588. The van der Waals surface area contributed by atoms with Crippen LogP contribution in [0.3, 0.4) is 0 Å². The smallest absolute Gasteiger partial charge is 0.305 e. The van der Waals surface area contributed by atoms with Crippen LogP contribution in [0, 0.1) is 0 Å². The first kappa shape index (κ1) is 16.7. The maximum Gasteiger partial charge on any atom is 0.305 e. The highest BCUT2D eigenvalue weighted by atomic mass is 16.5. The van der Waals surface area contributed by atoms with E-state index in [1.54, 1.807) is 0 Å². The Labute approximate surface area is 122 Å². The van der Waals surface area contributed by atoms with Crippen molar-refractivity contribution < 1.29 is 9.53 Å². The summed E-state index contributed by atoms with van der Waals surface area (Å²) in [6.45, 7) is 2.20. The van der Waals surface area contributed by atoms with Crippen molar-refractivity contribution in [3.63, 3.8) is 0 Å². The Morgan fingerprint density at radius 1 is 1.20 bits per heavy atom. The minimum atomic E-state index is -0.139. The molecule has 1 aromatic rings. The fourth-order valence-electron chi connectivity index (χ4n) is 2.25. The van der Waals surface area contributed by atoms with Gasteiger partial charge in [0, 0.05) is 12.5 Å². The third-order valence-corrected chi connectivity index (χ3v) is 3.60. The lowest BCUT2D eigenvalue weighted by Crippen LogP contribution is -2.10. The average Bonchev–Trinajstić information content (AvgIpc) is 2.48. The molecule has 0 aliphatic carbocycles. The Bertz CT molecular complexity index is 386. The van der Waals surface area contributed by atoms with Crippen molar-refractivity contribution in [2.75, 3.05) is 7.11 Å². The van der Waals surface area contributed by atoms with Gasteiger partial charge in [-0.2, -0.15) is 0 Å². The van der Waals surface area contributed by atoms with Crippen molar-refractivity contribution >= 4 is 5.97 Å². The zero-order chi connectivity index (χ0) is 14.8. The maximum atomic E-state index is 11.0. The van der Waals surface area contributed by atoms with E-state index in [-0.39, 0.29) is 12.0 Å². The van der Waals surface area contributed by atoms with E-state index < -0.39 is 0 Å². The third kappa shape index (κ3) is 6.20. The van der Waals surface area contributed by atoms with Gasteiger partial charge in [0.25, 0.3) is 0 Å². The second-order valence-corrected chi connectivity index (χ2v) is 5.27. The van der Waals surface area contributed by atoms with Gasteiger partial charge >= 0.3 is 5.97 Å².